The van der Waals surface area contributed by atoms with Crippen molar-refractivity contribution in [3.05, 3.63) is 0 Å². The topological polar surface area (TPSA) is 26.0 Å². The Morgan fingerprint density at radius 3 is 1.55 bits per heavy atom. The molecule has 0 unspecified atom stereocenters. The lowest BCUT2D eigenvalue weighted by atomic mass is 9.70. The molecule has 0 radical (unpaired) electrons. The monoisotopic (exact) mass is 157 g/mol. The van der Waals surface area contributed by atoms with Crippen LogP contribution in [0, 0.1) is 11.3 Å². The molecule has 68 valence electrons. The molecule has 0 spiro atoms. The van der Waals surface area contributed by atoms with E-state index in [1.807, 2.05) is 0 Å². The third-order valence-corrected chi connectivity index (χ3v) is 2.66. The molecule has 0 amide bonds. The quantitative estimate of drug-likeness (QED) is 0.670. The summed E-state index contributed by atoms with van der Waals surface area (Å²) in [6.07, 6.45) is 1.19. The summed E-state index contributed by atoms with van der Waals surface area (Å²) in [5.74, 6) is 0.729. The van der Waals surface area contributed by atoms with E-state index >= 15 is 0 Å². The van der Waals surface area contributed by atoms with E-state index in [9.17, 15) is 0 Å². The van der Waals surface area contributed by atoms with Gasteiger partial charge < -0.3 is 5.73 Å². The van der Waals surface area contributed by atoms with Gasteiger partial charge in [-0.1, -0.05) is 27.7 Å². The average molecular weight is 157 g/mol. The van der Waals surface area contributed by atoms with E-state index in [4.69, 9.17) is 5.73 Å². The number of hydrogen-bond acceptors (Lipinski definition) is 1. The van der Waals surface area contributed by atoms with Crippen LogP contribution in [0.5, 0.6) is 0 Å². The minimum atomic E-state index is -0.0722. The fraction of sp³-hybridized carbons (Fsp3) is 1.00. The van der Waals surface area contributed by atoms with Crippen molar-refractivity contribution in [3.63, 3.8) is 0 Å². The van der Waals surface area contributed by atoms with Gasteiger partial charge in [-0.25, -0.2) is 0 Å². The predicted molar refractivity (Wildman–Crippen MR) is 51.5 cm³/mol. The summed E-state index contributed by atoms with van der Waals surface area (Å²) in [6, 6.07) is 0. The van der Waals surface area contributed by atoms with Gasteiger partial charge in [0.2, 0.25) is 0 Å². The highest BCUT2D eigenvalue weighted by Gasteiger charge is 2.33. The first kappa shape index (κ1) is 11.0. The lowest BCUT2D eigenvalue weighted by Gasteiger charge is -2.39. The van der Waals surface area contributed by atoms with Crippen LogP contribution in [0.15, 0.2) is 0 Å². The van der Waals surface area contributed by atoms with Crippen molar-refractivity contribution in [3.8, 4) is 0 Å². The SMILES string of the molecule is CC(C)CC(C)(C)C(C)(C)N. The minimum absolute atomic E-state index is 0.0722. The Kier molecular flexibility index (Phi) is 3.13. The van der Waals surface area contributed by atoms with Crippen LogP contribution in [0.3, 0.4) is 0 Å². The molecule has 0 heterocycles. The van der Waals surface area contributed by atoms with Gasteiger partial charge in [0, 0.05) is 5.54 Å². The molecular weight excluding hydrogens is 134 g/mol. The maximum atomic E-state index is 6.06. The Morgan fingerprint density at radius 1 is 1.09 bits per heavy atom. The molecule has 0 aromatic rings. The van der Waals surface area contributed by atoms with Crippen molar-refractivity contribution in [2.75, 3.05) is 0 Å². The van der Waals surface area contributed by atoms with Gasteiger partial charge in [0.05, 0.1) is 0 Å². The van der Waals surface area contributed by atoms with Crippen LogP contribution in [-0.2, 0) is 0 Å². The van der Waals surface area contributed by atoms with E-state index < -0.39 is 0 Å². The van der Waals surface area contributed by atoms with Gasteiger partial charge in [-0.15, -0.1) is 0 Å². The molecule has 0 aliphatic carbocycles. The lowest BCUT2D eigenvalue weighted by molar-refractivity contribution is 0.163. The second-order valence-electron chi connectivity index (χ2n) is 5.20. The third kappa shape index (κ3) is 3.24. The molecule has 1 heteroatoms. The van der Waals surface area contributed by atoms with Gasteiger partial charge in [0.1, 0.15) is 0 Å². The summed E-state index contributed by atoms with van der Waals surface area (Å²) in [5.41, 5.74) is 6.23. The molecule has 0 fully saturated rings. The van der Waals surface area contributed by atoms with Gasteiger partial charge in [-0.05, 0) is 31.6 Å². The van der Waals surface area contributed by atoms with Crippen LogP contribution in [-0.4, -0.2) is 5.54 Å². The maximum absolute atomic E-state index is 6.06. The van der Waals surface area contributed by atoms with Crippen LogP contribution < -0.4 is 5.73 Å². The Hall–Kier alpha value is -0.0400. The Balaban J connectivity index is 4.22. The average Bonchev–Trinajstić information content (AvgIpc) is 1.56. The number of rotatable bonds is 3. The molecule has 0 aromatic heterocycles. The highest BCUT2D eigenvalue weighted by Crippen LogP contribution is 2.34. The molecule has 0 bridgehead atoms. The fourth-order valence-electron chi connectivity index (χ4n) is 1.28. The summed E-state index contributed by atoms with van der Waals surface area (Å²) in [4.78, 5) is 0. The Morgan fingerprint density at radius 2 is 1.45 bits per heavy atom. The van der Waals surface area contributed by atoms with Gasteiger partial charge in [-0.3, -0.25) is 0 Å². The predicted octanol–water partition coefficient (Wildman–Crippen LogP) is 2.80. The minimum Gasteiger partial charge on any atom is -0.325 e. The molecular formula is C10H23N. The van der Waals surface area contributed by atoms with Crippen molar-refractivity contribution in [1.82, 2.24) is 0 Å². The molecule has 0 rings (SSSR count). The summed E-state index contributed by atoms with van der Waals surface area (Å²) < 4.78 is 0. The Bertz CT molecular complexity index is 117. The van der Waals surface area contributed by atoms with Crippen LogP contribution in [0.2, 0.25) is 0 Å². The maximum Gasteiger partial charge on any atom is 0.0149 e. The van der Waals surface area contributed by atoms with Crippen molar-refractivity contribution in [2.24, 2.45) is 17.1 Å². The zero-order valence-corrected chi connectivity index (χ0v) is 8.86. The first-order valence-electron chi connectivity index (χ1n) is 4.46. The summed E-state index contributed by atoms with van der Waals surface area (Å²) in [6.45, 7) is 13.2. The standard InChI is InChI=1S/C10H23N/c1-8(2)7-9(3,4)10(5,6)11/h8H,7,11H2,1-6H3. The van der Waals surface area contributed by atoms with Gasteiger partial charge >= 0.3 is 0 Å². The van der Waals surface area contributed by atoms with Crippen LogP contribution in [0.4, 0.5) is 0 Å². The van der Waals surface area contributed by atoms with Crippen molar-refractivity contribution in [1.29, 1.82) is 0 Å². The molecule has 11 heavy (non-hydrogen) atoms. The summed E-state index contributed by atoms with van der Waals surface area (Å²) in [5, 5.41) is 0. The van der Waals surface area contributed by atoms with Crippen LogP contribution >= 0.6 is 0 Å². The number of nitrogens with two attached hydrogens (primary N) is 1. The van der Waals surface area contributed by atoms with Crippen molar-refractivity contribution >= 4 is 0 Å². The zero-order valence-electron chi connectivity index (χ0n) is 8.86. The molecule has 0 aliphatic heterocycles. The molecule has 0 atom stereocenters. The summed E-state index contributed by atoms with van der Waals surface area (Å²) >= 11 is 0. The van der Waals surface area contributed by atoms with Gasteiger partial charge in [-0.2, -0.15) is 0 Å². The van der Waals surface area contributed by atoms with Crippen LogP contribution in [0.25, 0.3) is 0 Å². The van der Waals surface area contributed by atoms with E-state index in [0.29, 0.717) is 0 Å². The van der Waals surface area contributed by atoms with E-state index in [2.05, 4.69) is 41.5 Å². The molecule has 0 aromatic carbocycles. The highest BCUT2D eigenvalue weighted by molar-refractivity contribution is 4.90. The van der Waals surface area contributed by atoms with E-state index in [0.717, 1.165) is 5.92 Å². The molecule has 0 saturated carbocycles. The van der Waals surface area contributed by atoms with Gasteiger partial charge in [0.15, 0.2) is 0 Å². The van der Waals surface area contributed by atoms with E-state index in [-0.39, 0.29) is 11.0 Å². The van der Waals surface area contributed by atoms with Crippen molar-refractivity contribution in [2.45, 2.75) is 53.5 Å². The first-order valence-corrected chi connectivity index (χ1v) is 4.46. The van der Waals surface area contributed by atoms with Crippen LogP contribution in [0.1, 0.15) is 48.0 Å². The molecule has 1 nitrogen and oxygen atoms in total. The molecule has 2 N–H and O–H groups in total. The summed E-state index contributed by atoms with van der Waals surface area (Å²) in [7, 11) is 0. The molecule has 0 aliphatic rings. The third-order valence-electron chi connectivity index (χ3n) is 2.66. The normalized spacial score (nSPS) is 14.2. The lowest BCUT2D eigenvalue weighted by Crippen LogP contribution is -2.47. The first-order chi connectivity index (χ1) is 4.67. The number of hydrogen-bond donors (Lipinski definition) is 1. The van der Waals surface area contributed by atoms with Crippen molar-refractivity contribution < 1.29 is 0 Å². The zero-order chi connectivity index (χ0) is 9.28. The molecule has 0 saturated heterocycles. The second kappa shape index (κ2) is 3.14. The van der Waals surface area contributed by atoms with E-state index in [1.54, 1.807) is 0 Å². The van der Waals surface area contributed by atoms with Gasteiger partial charge in [0.25, 0.3) is 0 Å². The second-order valence-corrected chi connectivity index (χ2v) is 5.20. The largest absolute Gasteiger partial charge is 0.325 e. The highest BCUT2D eigenvalue weighted by atomic mass is 14.7. The fourth-order valence-corrected chi connectivity index (χ4v) is 1.28. The Labute approximate surface area is 71.4 Å². The van der Waals surface area contributed by atoms with E-state index in [1.165, 1.54) is 6.42 Å². The smallest absolute Gasteiger partial charge is 0.0149 e.